The van der Waals surface area contributed by atoms with Crippen molar-refractivity contribution < 1.29 is 4.74 Å². The van der Waals surface area contributed by atoms with Gasteiger partial charge in [-0.25, -0.2) is 0 Å². The van der Waals surface area contributed by atoms with E-state index in [-0.39, 0.29) is 6.04 Å². The molecule has 0 amide bonds. The molecule has 0 saturated carbocycles. The van der Waals surface area contributed by atoms with Gasteiger partial charge in [0.1, 0.15) is 0 Å². The van der Waals surface area contributed by atoms with E-state index in [1.807, 2.05) is 12.1 Å². The van der Waals surface area contributed by atoms with Crippen LogP contribution in [0.25, 0.3) is 0 Å². The Labute approximate surface area is 118 Å². The van der Waals surface area contributed by atoms with Crippen molar-refractivity contribution in [3.05, 3.63) is 33.8 Å². The summed E-state index contributed by atoms with van der Waals surface area (Å²) in [5, 5.41) is 1.33. The highest BCUT2D eigenvalue weighted by Crippen LogP contribution is 2.31. The third kappa shape index (κ3) is 2.98. The second-order valence-electron chi connectivity index (χ2n) is 4.58. The van der Waals surface area contributed by atoms with Crippen molar-refractivity contribution in [1.29, 1.82) is 0 Å². The fourth-order valence-electron chi connectivity index (χ4n) is 2.42. The largest absolute Gasteiger partial charge is 0.379 e. The zero-order chi connectivity index (χ0) is 13.1. The van der Waals surface area contributed by atoms with Crippen LogP contribution in [0.1, 0.15) is 18.5 Å². The number of hydrogen-bond donors (Lipinski definition) is 1. The Morgan fingerprint density at radius 2 is 2.28 bits per heavy atom. The molecule has 3 nitrogen and oxygen atoms in total. The third-order valence-electron chi connectivity index (χ3n) is 3.36. The second kappa shape index (κ2) is 6.22. The monoisotopic (exact) mass is 288 g/mol. The first-order valence-corrected chi connectivity index (χ1v) is 6.87. The highest BCUT2D eigenvalue weighted by molar-refractivity contribution is 6.35. The first kappa shape index (κ1) is 14.1. The summed E-state index contributed by atoms with van der Waals surface area (Å²) in [6.45, 7) is 5.03. The standard InChI is InChI=1S/C13H18Cl2N2O/c1-9-8-18-5-4-17(9)13(7-16)11-3-2-10(14)6-12(11)15/h2-3,6,9,13H,4-5,7-8,16H2,1H3. The maximum Gasteiger partial charge on any atom is 0.0620 e. The molecule has 2 unspecified atom stereocenters. The van der Waals surface area contributed by atoms with Crippen molar-refractivity contribution in [2.45, 2.75) is 19.0 Å². The predicted molar refractivity (Wildman–Crippen MR) is 75.2 cm³/mol. The van der Waals surface area contributed by atoms with Crippen LogP contribution in [0, 0.1) is 0 Å². The molecular formula is C13H18Cl2N2O. The van der Waals surface area contributed by atoms with Gasteiger partial charge < -0.3 is 10.5 Å². The zero-order valence-electron chi connectivity index (χ0n) is 10.4. The van der Waals surface area contributed by atoms with Gasteiger partial charge in [0, 0.05) is 35.2 Å². The van der Waals surface area contributed by atoms with Crippen LogP contribution in [0.5, 0.6) is 0 Å². The molecule has 1 aromatic rings. The van der Waals surface area contributed by atoms with Gasteiger partial charge in [-0.3, -0.25) is 4.90 Å². The third-order valence-corrected chi connectivity index (χ3v) is 3.93. The molecule has 0 radical (unpaired) electrons. The van der Waals surface area contributed by atoms with Gasteiger partial charge >= 0.3 is 0 Å². The van der Waals surface area contributed by atoms with Gasteiger partial charge in [-0.05, 0) is 24.6 Å². The smallest absolute Gasteiger partial charge is 0.0620 e. The lowest BCUT2D eigenvalue weighted by atomic mass is 10.0. The Hall–Kier alpha value is -0.320. The van der Waals surface area contributed by atoms with Crippen LogP contribution >= 0.6 is 23.2 Å². The molecule has 0 aromatic heterocycles. The number of morpholine rings is 1. The number of rotatable bonds is 3. The second-order valence-corrected chi connectivity index (χ2v) is 5.42. The van der Waals surface area contributed by atoms with Gasteiger partial charge in [0.05, 0.1) is 13.2 Å². The molecule has 18 heavy (non-hydrogen) atoms. The van der Waals surface area contributed by atoms with Crippen molar-refractivity contribution in [2.24, 2.45) is 5.73 Å². The topological polar surface area (TPSA) is 38.5 Å². The Balaban J connectivity index is 2.26. The maximum atomic E-state index is 6.27. The summed E-state index contributed by atoms with van der Waals surface area (Å²) in [4.78, 5) is 2.35. The molecule has 1 fully saturated rings. The van der Waals surface area contributed by atoms with Gasteiger partial charge in [0.25, 0.3) is 0 Å². The Kier molecular flexibility index (Phi) is 4.87. The van der Waals surface area contributed by atoms with E-state index in [1.165, 1.54) is 0 Å². The van der Waals surface area contributed by atoms with Crippen LogP contribution in [-0.4, -0.2) is 37.2 Å². The van der Waals surface area contributed by atoms with E-state index in [4.69, 9.17) is 33.7 Å². The first-order chi connectivity index (χ1) is 8.63. The van der Waals surface area contributed by atoms with E-state index in [2.05, 4.69) is 11.8 Å². The SMILES string of the molecule is CC1COCCN1C(CN)c1ccc(Cl)cc1Cl. The lowest BCUT2D eigenvalue weighted by molar-refractivity contribution is -0.0209. The molecule has 1 aliphatic heterocycles. The lowest BCUT2D eigenvalue weighted by Crippen LogP contribution is -2.47. The predicted octanol–water partition coefficient (Wildman–Crippen LogP) is 2.71. The molecular weight excluding hydrogens is 271 g/mol. The first-order valence-electron chi connectivity index (χ1n) is 6.12. The highest BCUT2D eigenvalue weighted by atomic mass is 35.5. The van der Waals surface area contributed by atoms with Gasteiger partial charge in [-0.2, -0.15) is 0 Å². The molecule has 5 heteroatoms. The minimum atomic E-state index is 0.119. The quantitative estimate of drug-likeness (QED) is 0.930. The fraction of sp³-hybridized carbons (Fsp3) is 0.538. The lowest BCUT2D eigenvalue weighted by Gasteiger charge is -2.39. The Bertz CT molecular complexity index is 414. The summed E-state index contributed by atoms with van der Waals surface area (Å²) in [7, 11) is 0. The molecule has 100 valence electrons. The average molecular weight is 289 g/mol. The number of benzene rings is 1. The number of nitrogens with zero attached hydrogens (tertiary/aromatic N) is 1. The van der Waals surface area contributed by atoms with Crippen LogP contribution in [0.2, 0.25) is 10.0 Å². The van der Waals surface area contributed by atoms with Crippen molar-refractivity contribution in [3.63, 3.8) is 0 Å². The maximum absolute atomic E-state index is 6.27. The number of halogens is 2. The normalized spacial score (nSPS) is 23.0. The summed E-state index contributed by atoms with van der Waals surface area (Å²) in [5.41, 5.74) is 6.97. The van der Waals surface area contributed by atoms with Crippen molar-refractivity contribution in [3.8, 4) is 0 Å². The van der Waals surface area contributed by atoms with Crippen LogP contribution < -0.4 is 5.73 Å². The Morgan fingerprint density at radius 1 is 1.50 bits per heavy atom. The van der Waals surface area contributed by atoms with Crippen molar-refractivity contribution in [1.82, 2.24) is 4.90 Å². The summed E-state index contributed by atoms with van der Waals surface area (Å²) in [5.74, 6) is 0. The van der Waals surface area contributed by atoms with Crippen LogP contribution in [0.15, 0.2) is 18.2 Å². The van der Waals surface area contributed by atoms with E-state index < -0.39 is 0 Å². The molecule has 1 heterocycles. The minimum absolute atomic E-state index is 0.119. The van der Waals surface area contributed by atoms with E-state index in [0.717, 1.165) is 25.3 Å². The summed E-state index contributed by atoms with van der Waals surface area (Å²) in [6.07, 6.45) is 0. The number of nitrogens with two attached hydrogens (primary N) is 1. The molecule has 0 spiro atoms. The van der Waals surface area contributed by atoms with Crippen LogP contribution in [-0.2, 0) is 4.74 Å². The average Bonchev–Trinajstić information content (AvgIpc) is 2.34. The zero-order valence-corrected chi connectivity index (χ0v) is 11.9. The summed E-state index contributed by atoms with van der Waals surface area (Å²) >= 11 is 12.2. The van der Waals surface area contributed by atoms with Gasteiger partial charge in [0.2, 0.25) is 0 Å². The fourth-order valence-corrected chi connectivity index (χ4v) is 2.95. The molecule has 2 rings (SSSR count). The van der Waals surface area contributed by atoms with Crippen LogP contribution in [0.4, 0.5) is 0 Å². The highest BCUT2D eigenvalue weighted by Gasteiger charge is 2.28. The minimum Gasteiger partial charge on any atom is -0.379 e. The molecule has 2 atom stereocenters. The van der Waals surface area contributed by atoms with Crippen LogP contribution in [0.3, 0.4) is 0 Å². The van der Waals surface area contributed by atoms with E-state index >= 15 is 0 Å². The van der Waals surface area contributed by atoms with Crippen molar-refractivity contribution >= 4 is 23.2 Å². The molecule has 0 aliphatic carbocycles. The van der Waals surface area contributed by atoms with Gasteiger partial charge in [-0.1, -0.05) is 29.3 Å². The number of hydrogen-bond acceptors (Lipinski definition) is 3. The van der Waals surface area contributed by atoms with Crippen molar-refractivity contribution in [2.75, 3.05) is 26.3 Å². The molecule has 0 bridgehead atoms. The number of ether oxygens (including phenoxy) is 1. The molecule has 1 aliphatic rings. The molecule has 1 aromatic carbocycles. The van der Waals surface area contributed by atoms with Gasteiger partial charge in [0.15, 0.2) is 0 Å². The van der Waals surface area contributed by atoms with E-state index in [0.29, 0.717) is 22.6 Å². The van der Waals surface area contributed by atoms with E-state index in [1.54, 1.807) is 6.07 Å². The summed E-state index contributed by atoms with van der Waals surface area (Å²) < 4.78 is 5.46. The summed E-state index contributed by atoms with van der Waals surface area (Å²) in [6, 6.07) is 6.06. The van der Waals surface area contributed by atoms with Gasteiger partial charge in [-0.15, -0.1) is 0 Å². The van der Waals surface area contributed by atoms with E-state index in [9.17, 15) is 0 Å². The molecule has 1 saturated heterocycles. The molecule has 2 N–H and O–H groups in total. The Morgan fingerprint density at radius 3 is 2.89 bits per heavy atom.